The monoisotopic (exact) mass is 326 g/mol. The summed E-state index contributed by atoms with van der Waals surface area (Å²) in [5.41, 5.74) is 8.11. The molecule has 8 heteroatoms. The number of nitrogens with zero attached hydrogens (tertiary/aromatic N) is 5. The molecular weight excluding hydrogens is 312 g/mol. The third-order valence-corrected chi connectivity index (χ3v) is 4.93. The van der Waals surface area contributed by atoms with Crippen molar-refractivity contribution in [1.82, 2.24) is 24.4 Å². The summed E-state index contributed by atoms with van der Waals surface area (Å²) in [6.45, 7) is 2.82. The molecule has 1 aliphatic heterocycles. The van der Waals surface area contributed by atoms with Crippen molar-refractivity contribution in [1.29, 1.82) is 0 Å². The lowest BCUT2D eigenvalue weighted by Gasteiger charge is -2.13. The van der Waals surface area contributed by atoms with Gasteiger partial charge in [0.15, 0.2) is 5.13 Å². The number of hydrogen-bond donors (Lipinski definition) is 1. The Balaban J connectivity index is 1.61. The molecule has 0 unspecified atom stereocenters. The lowest BCUT2D eigenvalue weighted by atomic mass is 10.3. The zero-order valence-electron chi connectivity index (χ0n) is 12.4. The highest BCUT2D eigenvalue weighted by atomic mass is 32.1. The zero-order chi connectivity index (χ0) is 16.0. The smallest absolute Gasteiger partial charge is 0.266 e. The molecule has 7 nitrogen and oxygen atoms in total. The first kappa shape index (κ1) is 13.9. The fraction of sp³-hybridized carbons (Fsp3) is 0.200. The highest BCUT2D eigenvalue weighted by Gasteiger charge is 2.28. The number of rotatable bonds is 2. The number of nitrogen functional groups attached to an aromatic ring is 1. The van der Waals surface area contributed by atoms with Gasteiger partial charge in [-0.3, -0.25) is 4.79 Å². The van der Waals surface area contributed by atoms with Gasteiger partial charge in [0.1, 0.15) is 4.88 Å². The molecule has 1 amide bonds. The van der Waals surface area contributed by atoms with Gasteiger partial charge in [0, 0.05) is 30.7 Å². The summed E-state index contributed by atoms with van der Waals surface area (Å²) in [4.78, 5) is 27.9. The maximum absolute atomic E-state index is 12.8. The van der Waals surface area contributed by atoms with E-state index in [1.54, 1.807) is 11.1 Å². The summed E-state index contributed by atoms with van der Waals surface area (Å²) in [6, 6.07) is 3.86. The van der Waals surface area contributed by atoms with Crippen LogP contribution in [0.15, 0.2) is 30.7 Å². The van der Waals surface area contributed by atoms with E-state index in [9.17, 15) is 4.79 Å². The Morgan fingerprint density at radius 3 is 2.83 bits per heavy atom. The Bertz CT molecular complexity index is 886. The standard InChI is InChI=1S/C15H14N6OS/c1-9-12(23-15(18-9)20-4-2-3-5-20)13(22)21-7-10-6-17-14(16)19-11(10)8-21/h2-6H,7-8H2,1H3,(H2,16,17,19). The predicted octanol–water partition coefficient (Wildman–Crippen LogP) is 1.77. The van der Waals surface area contributed by atoms with Gasteiger partial charge < -0.3 is 15.2 Å². The van der Waals surface area contributed by atoms with E-state index in [2.05, 4.69) is 15.0 Å². The number of hydrogen-bond acceptors (Lipinski definition) is 6. The molecule has 23 heavy (non-hydrogen) atoms. The number of amides is 1. The molecule has 0 radical (unpaired) electrons. The minimum absolute atomic E-state index is 0.0324. The number of anilines is 1. The third-order valence-electron chi connectivity index (χ3n) is 3.77. The summed E-state index contributed by atoms with van der Waals surface area (Å²) in [5, 5.41) is 0.789. The van der Waals surface area contributed by atoms with Crippen LogP contribution >= 0.6 is 11.3 Å². The number of thiazole rings is 1. The molecule has 0 spiro atoms. The number of fused-ring (bicyclic) bond motifs is 1. The van der Waals surface area contributed by atoms with Crippen LogP contribution in [0.1, 0.15) is 26.6 Å². The number of aryl methyl sites for hydroxylation is 1. The van der Waals surface area contributed by atoms with E-state index in [0.717, 1.165) is 22.1 Å². The highest BCUT2D eigenvalue weighted by Crippen LogP contribution is 2.27. The minimum atomic E-state index is -0.0324. The van der Waals surface area contributed by atoms with Crippen LogP contribution in [0.2, 0.25) is 0 Å². The second kappa shape index (κ2) is 5.17. The molecular formula is C15H14N6OS. The maximum Gasteiger partial charge on any atom is 0.266 e. The van der Waals surface area contributed by atoms with Crippen LogP contribution in [-0.2, 0) is 13.1 Å². The van der Waals surface area contributed by atoms with Gasteiger partial charge in [-0.2, -0.15) is 0 Å². The van der Waals surface area contributed by atoms with E-state index in [4.69, 9.17) is 5.73 Å². The van der Waals surface area contributed by atoms with Crippen LogP contribution in [0.5, 0.6) is 0 Å². The molecule has 4 rings (SSSR count). The van der Waals surface area contributed by atoms with Crippen LogP contribution in [-0.4, -0.2) is 30.3 Å². The second-order valence-corrected chi connectivity index (χ2v) is 6.34. The summed E-state index contributed by atoms with van der Waals surface area (Å²) in [6.07, 6.45) is 5.52. The molecule has 0 aromatic carbocycles. The molecule has 0 fully saturated rings. The first-order chi connectivity index (χ1) is 11.1. The van der Waals surface area contributed by atoms with E-state index < -0.39 is 0 Å². The number of aromatic nitrogens is 4. The summed E-state index contributed by atoms with van der Waals surface area (Å²) >= 11 is 1.39. The van der Waals surface area contributed by atoms with Gasteiger partial charge in [0.05, 0.1) is 17.9 Å². The molecule has 116 valence electrons. The van der Waals surface area contributed by atoms with Crippen molar-refractivity contribution in [2.75, 3.05) is 5.73 Å². The van der Waals surface area contributed by atoms with Gasteiger partial charge in [0.25, 0.3) is 5.91 Å². The van der Waals surface area contributed by atoms with Crippen molar-refractivity contribution in [2.45, 2.75) is 20.0 Å². The Morgan fingerprint density at radius 2 is 2.04 bits per heavy atom. The van der Waals surface area contributed by atoms with Gasteiger partial charge in [-0.1, -0.05) is 11.3 Å². The number of nitrogens with two attached hydrogens (primary N) is 1. The molecule has 3 aromatic rings. The molecule has 0 aliphatic carbocycles. The minimum Gasteiger partial charge on any atom is -0.368 e. The zero-order valence-corrected chi connectivity index (χ0v) is 13.2. The van der Waals surface area contributed by atoms with Crippen LogP contribution in [0.25, 0.3) is 5.13 Å². The van der Waals surface area contributed by atoms with E-state index in [0.29, 0.717) is 18.0 Å². The average Bonchev–Trinajstić information content (AvgIpc) is 3.24. The Labute approximate surface area is 136 Å². The molecule has 4 heterocycles. The van der Waals surface area contributed by atoms with Gasteiger partial charge in [-0.25, -0.2) is 15.0 Å². The first-order valence-electron chi connectivity index (χ1n) is 7.12. The molecule has 2 N–H and O–H groups in total. The molecule has 0 atom stereocenters. The van der Waals surface area contributed by atoms with Crippen LogP contribution in [0, 0.1) is 6.92 Å². The molecule has 0 saturated carbocycles. The Kier molecular flexibility index (Phi) is 3.12. The fourth-order valence-electron chi connectivity index (χ4n) is 2.61. The lowest BCUT2D eigenvalue weighted by Crippen LogP contribution is -2.25. The average molecular weight is 326 g/mol. The van der Waals surface area contributed by atoms with Crippen molar-refractivity contribution in [3.8, 4) is 5.13 Å². The Hall–Kier alpha value is -2.74. The van der Waals surface area contributed by atoms with E-state index in [1.165, 1.54) is 11.3 Å². The second-order valence-electron chi connectivity index (χ2n) is 5.36. The fourth-order valence-corrected chi connectivity index (χ4v) is 3.61. The van der Waals surface area contributed by atoms with Gasteiger partial charge in [0.2, 0.25) is 5.95 Å². The molecule has 3 aromatic heterocycles. The van der Waals surface area contributed by atoms with Crippen LogP contribution in [0.4, 0.5) is 5.95 Å². The first-order valence-corrected chi connectivity index (χ1v) is 7.94. The van der Waals surface area contributed by atoms with Crippen molar-refractivity contribution in [3.05, 3.63) is 52.6 Å². The van der Waals surface area contributed by atoms with Gasteiger partial charge in [-0.05, 0) is 19.1 Å². The topological polar surface area (TPSA) is 89.9 Å². The normalized spacial score (nSPS) is 13.3. The van der Waals surface area contributed by atoms with Crippen LogP contribution < -0.4 is 5.73 Å². The van der Waals surface area contributed by atoms with E-state index in [-0.39, 0.29) is 11.9 Å². The number of carbonyl (C=O) groups excluding carboxylic acids is 1. The van der Waals surface area contributed by atoms with Crippen molar-refractivity contribution in [2.24, 2.45) is 0 Å². The van der Waals surface area contributed by atoms with Crippen molar-refractivity contribution >= 4 is 23.2 Å². The lowest BCUT2D eigenvalue weighted by molar-refractivity contribution is 0.0754. The summed E-state index contributed by atoms with van der Waals surface area (Å²) in [7, 11) is 0. The third kappa shape index (κ3) is 2.36. The SMILES string of the molecule is Cc1nc(-n2cccc2)sc1C(=O)N1Cc2cnc(N)nc2C1. The van der Waals surface area contributed by atoms with E-state index in [1.807, 2.05) is 36.0 Å². The Morgan fingerprint density at radius 1 is 1.26 bits per heavy atom. The van der Waals surface area contributed by atoms with Gasteiger partial charge in [-0.15, -0.1) is 0 Å². The molecule has 0 bridgehead atoms. The summed E-state index contributed by atoms with van der Waals surface area (Å²) in [5.74, 6) is 0.205. The van der Waals surface area contributed by atoms with Gasteiger partial charge >= 0.3 is 0 Å². The summed E-state index contributed by atoms with van der Waals surface area (Å²) < 4.78 is 1.90. The molecule has 0 saturated heterocycles. The maximum atomic E-state index is 12.8. The van der Waals surface area contributed by atoms with E-state index >= 15 is 0 Å². The van der Waals surface area contributed by atoms with Crippen molar-refractivity contribution in [3.63, 3.8) is 0 Å². The number of carbonyl (C=O) groups is 1. The molecule has 1 aliphatic rings. The van der Waals surface area contributed by atoms with Crippen molar-refractivity contribution < 1.29 is 4.79 Å². The highest BCUT2D eigenvalue weighted by molar-refractivity contribution is 7.16. The van der Waals surface area contributed by atoms with Crippen LogP contribution in [0.3, 0.4) is 0 Å². The predicted molar refractivity (Wildman–Crippen MR) is 86.2 cm³/mol. The quantitative estimate of drug-likeness (QED) is 0.775. The largest absolute Gasteiger partial charge is 0.368 e.